The number of sulfonamides is 1. The Morgan fingerprint density at radius 1 is 1.38 bits per heavy atom. The van der Waals surface area contributed by atoms with Crippen molar-refractivity contribution in [2.24, 2.45) is 7.05 Å². The molecule has 0 bridgehead atoms. The third kappa shape index (κ3) is 2.66. The molecule has 1 aromatic heterocycles. The molecule has 116 valence electrons. The highest BCUT2D eigenvalue weighted by molar-refractivity contribution is 7.89. The largest absolute Gasteiger partial charge is 0.480 e. The topological polar surface area (TPSA) is 118 Å². The van der Waals surface area contributed by atoms with Crippen LogP contribution in [-0.4, -0.2) is 42.6 Å². The first-order valence-corrected chi connectivity index (χ1v) is 7.86. The number of hydrogen-bond donors (Lipinski definition) is 3. The van der Waals surface area contributed by atoms with E-state index in [1.807, 2.05) is 0 Å². The van der Waals surface area contributed by atoms with Gasteiger partial charge in [-0.15, -0.1) is 0 Å². The van der Waals surface area contributed by atoms with Gasteiger partial charge in [-0.25, -0.2) is 8.42 Å². The molecule has 0 atom stereocenters. The molecule has 0 aliphatic heterocycles. The summed E-state index contributed by atoms with van der Waals surface area (Å²) in [5, 5.41) is 11.6. The van der Waals surface area contributed by atoms with Crippen molar-refractivity contribution in [3.8, 4) is 0 Å². The lowest BCUT2D eigenvalue weighted by molar-refractivity contribution is -0.147. The Bertz CT molecular complexity index is 688. The van der Waals surface area contributed by atoms with E-state index in [4.69, 9.17) is 0 Å². The first-order valence-electron chi connectivity index (χ1n) is 6.38. The number of hydrogen-bond acceptors (Lipinski definition) is 4. The first-order chi connectivity index (χ1) is 9.72. The van der Waals surface area contributed by atoms with Gasteiger partial charge in [0.2, 0.25) is 10.0 Å². The van der Waals surface area contributed by atoms with Gasteiger partial charge < -0.3 is 15.0 Å². The maximum atomic E-state index is 12.3. The van der Waals surface area contributed by atoms with E-state index in [-0.39, 0.29) is 23.4 Å². The van der Waals surface area contributed by atoms with Crippen LogP contribution in [0.15, 0.2) is 17.2 Å². The van der Waals surface area contributed by atoms with Crippen LogP contribution in [0.4, 0.5) is 0 Å². The summed E-state index contributed by atoms with van der Waals surface area (Å²) in [6.07, 6.45) is 2.46. The van der Waals surface area contributed by atoms with Crippen molar-refractivity contribution in [3.05, 3.63) is 18.0 Å². The SMILES string of the molecule is CNC(=O)c1cc(S(=O)(=O)NC2(C(=O)O)CCC2)cn1C. The predicted molar refractivity (Wildman–Crippen MR) is 73.3 cm³/mol. The number of carboxylic acids is 1. The van der Waals surface area contributed by atoms with Gasteiger partial charge in [0.25, 0.3) is 5.91 Å². The van der Waals surface area contributed by atoms with Crippen LogP contribution >= 0.6 is 0 Å². The molecule has 0 spiro atoms. The minimum absolute atomic E-state index is 0.129. The lowest BCUT2D eigenvalue weighted by Gasteiger charge is -2.37. The van der Waals surface area contributed by atoms with Crippen molar-refractivity contribution in [1.29, 1.82) is 0 Å². The highest BCUT2D eigenvalue weighted by Crippen LogP contribution is 2.33. The average Bonchev–Trinajstić information content (AvgIpc) is 2.75. The Kier molecular flexibility index (Phi) is 3.81. The van der Waals surface area contributed by atoms with Gasteiger partial charge in [0.15, 0.2) is 0 Å². The highest BCUT2D eigenvalue weighted by atomic mass is 32.2. The fourth-order valence-electron chi connectivity index (χ4n) is 2.24. The number of carbonyl (C=O) groups is 2. The quantitative estimate of drug-likeness (QED) is 0.688. The summed E-state index contributed by atoms with van der Waals surface area (Å²) in [6, 6.07) is 1.22. The number of carboxylic acid groups (broad SMARTS) is 1. The maximum absolute atomic E-state index is 12.3. The second-order valence-electron chi connectivity index (χ2n) is 5.10. The molecule has 1 heterocycles. The number of nitrogens with zero attached hydrogens (tertiary/aromatic N) is 1. The monoisotopic (exact) mass is 315 g/mol. The normalized spacial score (nSPS) is 17.0. The van der Waals surface area contributed by atoms with Crippen molar-refractivity contribution in [2.75, 3.05) is 7.05 Å². The van der Waals surface area contributed by atoms with Crippen LogP contribution in [0.3, 0.4) is 0 Å². The minimum atomic E-state index is -4.00. The van der Waals surface area contributed by atoms with Gasteiger partial charge in [0.05, 0.1) is 0 Å². The molecule has 0 unspecified atom stereocenters. The van der Waals surface area contributed by atoms with Crippen LogP contribution in [0.1, 0.15) is 29.8 Å². The number of nitrogens with one attached hydrogen (secondary N) is 2. The van der Waals surface area contributed by atoms with E-state index in [9.17, 15) is 23.1 Å². The molecule has 1 aromatic rings. The molecular weight excluding hydrogens is 298 g/mol. The van der Waals surface area contributed by atoms with Crippen molar-refractivity contribution >= 4 is 21.9 Å². The fourth-order valence-corrected chi connectivity index (χ4v) is 3.73. The number of aromatic nitrogens is 1. The maximum Gasteiger partial charge on any atom is 0.324 e. The van der Waals surface area contributed by atoms with Crippen molar-refractivity contribution in [1.82, 2.24) is 14.6 Å². The van der Waals surface area contributed by atoms with E-state index in [0.29, 0.717) is 6.42 Å². The molecule has 0 radical (unpaired) electrons. The number of aryl methyl sites for hydroxylation is 1. The van der Waals surface area contributed by atoms with Crippen LogP contribution < -0.4 is 10.0 Å². The van der Waals surface area contributed by atoms with Crippen LogP contribution in [-0.2, 0) is 21.9 Å². The molecule has 1 aliphatic rings. The number of rotatable bonds is 5. The van der Waals surface area contributed by atoms with E-state index in [2.05, 4.69) is 10.0 Å². The molecule has 21 heavy (non-hydrogen) atoms. The second-order valence-corrected chi connectivity index (χ2v) is 6.78. The predicted octanol–water partition coefficient (Wildman–Crippen LogP) is -0.330. The standard InChI is InChI=1S/C12H17N3O5S/c1-13-10(16)9-6-8(7-15(9)2)21(19,20)14-12(11(17)18)4-3-5-12/h6-7,14H,3-5H2,1-2H3,(H,13,16)(H,17,18). The summed E-state index contributed by atoms with van der Waals surface area (Å²) >= 11 is 0. The molecule has 0 aromatic carbocycles. The Balaban J connectivity index is 2.32. The van der Waals surface area contributed by atoms with Gasteiger partial charge in [-0.3, -0.25) is 9.59 Å². The fraction of sp³-hybridized carbons (Fsp3) is 0.500. The van der Waals surface area contributed by atoms with E-state index in [1.165, 1.54) is 23.9 Å². The number of aliphatic carboxylic acids is 1. The summed E-state index contributed by atoms with van der Waals surface area (Å²) in [5.74, 6) is -1.60. The molecule has 1 aliphatic carbocycles. The van der Waals surface area contributed by atoms with Gasteiger partial charge >= 0.3 is 5.97 Å². The molecule has 8 nitrogen and oxygen atoms in total. The highest BCUT2D eigenvalue weighted by Gasteiger charge is 2.47. The van der Waals surface area contributed by atoms with Crippen molar-refractivity contribution in [2.45, 2.75) is 29.7 Å². The van der Waals surface area contributed by atoms with Gasteiger partial charge in [0, 0.05) is 20.3 Å². The number of amides is 1. The molecule has 1 fully saturated rings. The zero-order chi connectivity index (χ0) is 15.8. The van der Waals surface area contributed by atoms with Crippen molar-refractivity contribution < 1.29 is 23.1 Å². The van der Waals surface area contributed by atoms with Crippen LogP contribution in [0.25, 0.3) is 0 Å². The lowest BCUT2D eigenvalue weighted by atomic mass is 9.78. The summed E-state index contributed by atoms with van der Waals surface area (Å²) in [6.45, 7) is 0. The van der Waals surface area contributed by atoms with E-state index >= 15 is 0 Å². The smallest absolute Gasteiger partial charge is 0.324 e. The minimum Gasteiger partial charge on any atom is -0.480 e. The summed E-state index contributed by atoms with van der Waals surface area (Å²) in [5.41, 5.74) is -1.25. The summed E-state index contributed by atoms with van der Waals surface area (Å²) in [4.78, 5) is 22.7. The summed E-state index contributed by atoms with van der Waals surface area (Å²) < 4.78 is 28.2. The Morgan fingerprint density at radius 2 is 2.00 bits per heavy atom. The van der Waals surface area contributed by atoms with Crippen LogP contribution in [0, 0.1) is 0 Å². The third-order valence-corrected chi connectivity index (χ3v) is 5.20. The van der Waals surface area contributed by atoms with Gasteiger partial charge in [-0.1, -0.05) is 0 Å². The summed E-state index contributed by atoms with van der Waals surface area (Å²) in [7, 11) is -1.02. The molecule has 2 rings (SSSR count). The van der Waals surface area contributed by atoms with Crippen molar-refractivity contribution in [3.63, 3.8) is 0 Å². The second kappa shape index (κ2) is 5.15. The average molecular weight is 315 g/mol. The Morgan fingerprint density at radius 3 is 2.43 bits per heavy atom. The molecule has 9 heteroatoms. The molecule has 3 N–H and O–H groups in total. The third-order valence-electron chi connectivity index (χ3n) is 3.70. The van der Waals surface area contributed by atoms with Gasteiger partial charge in [-0.2, -0.15) is 4.72 Å². The Hall–Kier alpha value is -1.87. The Labute approximate surface area is 122 Å². The van der Waals surface area contributed by atoms with E-state index in [1.54, 1.807) is 7.05 Å². The molecule has 0 saturated heterocycles. The van der Waals surface area contributed by atoms with E-state index < -0.39 is 27.4 Å². The van der Waals surface area contributed by atoms with Gasteiger partial charge in [0.1, 0.15) is 16.1 Å². The zero-order valence-electron chi connectivity index (χ0n) is 11.7. The molecule has 1 amide bonds. The zero-order valence-corrected chi connectivity index (χ0v) is 12.5. The van der Waals surface area contributed by atoms with E-state index in [0.717, 1.165) is 0 Å². The van der Waals surface area contributed by atoms with Crippen LogP contribution in [0.5, 0.6) is 0 Å². The molecular formula is C12H17N3O5S. The molecule has 1 saturated carbocycles. The van der Waals surface area contributed by atoms with Crippen LogP contribution in [0.2, 0.25) is 0 Å². The lowest BCUT2D eigenvalue weighted by Crippen LogP contribution is -2.58. The first kappa shape index (κ1) is 15.5. The number of carbonyl (C=O) groups excluding carboxylic acids is 1. The van der Waals surface area contributed by atoms with Gasteiger partial charge in [-0.05, 0) is 25.3 Å².